The van der Waals surface area contributed by atoms with E-state index in [1.165, 1.54) is 6.08 Å². The topological polar surface area (TPSA) is 63.2 Å². The van der Waals surface area contributed by atoms with Crippen molar-refractivity contribution in [1.82, 2.24) is 0 Å². The number of hydrogen-bond acceptors (Lipinski definition) is 3. The summed E-state index contributed by atoms with van der Waals surface area (Å²) < 4.78 is 10.8. The van der Waals surface area contributed by atoms with Crippen molar-refractivity contribution < 1.29 is 14.4 Å². The summed E-state index contributed by atoms with van der Waals surface area (Å²) in [6, 6.07) is 0. The van der Waals surface area contributed by atoms with E-state index < -0.39 is 7.60 Å². The van der Waals surface area contributed by atoms with Crippen LogP contribution < -0.4 is 9.79 Å². The fraction of sp³-hybridized carbons (Fsp3) is 0.750. The summed E-state index contributed by atoms with van der Waals surface area (Å²) >= 11 is 11.3. The van der Waals surface area contributed by atoms with Crippen LogP contribution >= 0.6 is 30.8 Å². The fourth-order valence-corrected chi connectivity index (χ4v) is 2.08. The van der Waals surface area contributed by atoms with Crippen LogP contribution in [0, 0.1) is 0 Å². The Morgan fingerprint density at radius 2 is 1.86 bits per heavy atom. The number of alkyl halides is 2. The van der Waals surface area contributed by atoms with Crippen LogP contribution in [-0.2, 0) is 4.57 Å². The number of halogens is 2. The molecule has 0 aliphatic carbocycles. The summed E-state index contributed by atoms with van der Waals surface area (Å²) in [6.45, 7) is 3.36. The van der Waals surface area contributed by atoms with Crippen molar-refractivity contribution >= 4 is 30.8 Å². The van der Waals surface area contributed by atoms with Crippen LogP contribution in [-0.4, -0.2) is 10.8 Å². The van der Waals surface area contributed by atoms with Gasteiger partial charge in [0.05, 0.1) is 0 Å². The van der Waals surface area contributed by atoms with Crippen LogP contribution in [0.25, 0.3) is 0 Å². The molecule has 0 radical (unpaired) electrons. The molecule has 0 rings (SSSR count). The Bertz CT molecular complexity index is 245. The monoisotopic (exact) mass is 258 g/mol. The van der Waals surface area contributed by atoms with Crippen LogP contribution in [0.1, 0.15) is 26.7 Å². The molecule has 0 saturated carbocycles. The number of rotatable bonds is 5. The largest absolute Gasteiger partial charge is 0.808 e. The quantitative estimate of drug-likeness (QED) is 0.558. The highest BCUT2D eigenvalue weighted by atomic mass is 35.5. The molecular formula is C8H13Cl2O3P-2. The lowest BCUT2D eigenvalue weighted by Gasteiger charge is -2.33. The molecule has 2 unspecified atom stereocenters. The highest BCUT2D eigenvalue weighted by molar-refractivity contribution is 7.53. The Morgan fingerprint density at radius 1 is 1.36 bits per heavy atom. The van der Waals surface area contributed by atoms with Crippen LogP contribution in [0.4, 0.5) is 0 Å². The SMILES string of the molecule is CC(Cl)C/C=C(/CC(C)Cl)P(=O)([O-])[O-]. The van der Waals surface area contributed by atoms with Crippen molar-refractivity contribution in [2.75, 3.05) is 0 Å². The molecule has 0 aliphatic heterocycles. The first kappa shape index (κ1) is 14.5. The first-order chi connectivity index (χ1) is 6.23. The van der Waals surface area contributed by atoms with Gasteiger partial charge in [0.1, 0.15) is 0 Å². The van der Waals surface area contributed by atoms with E-state index in [9.17, 15) is 14.4 Å². The molecule has 0 aromatic carbocycles. The number of hydrogen-bond donors (Lipinski definition) is 0. The van der Waals surface area contributed by atoms with Crippen molar-refractivity contribution in [3.8, 4) is 0 Å². The molecule has 3 nitrogen and oxygen atoms in total. The minimum atomic E-state index is -4.67. The first-order valence-electron chi connectivity index (χ1n) is 4.23. The zero-order chi connectivity index (χ0) is 11.4. The minimum Gasteiger partial charge on any atom is -0.808 e. The van der Waals surface area contributed by atoms with Crippen LogP contribution in [0.2, 0.25) is 0 Å². The molecule has 84 valence electrons. The van der Waals surface area contributed by atoms with Gasteiger partial charge in [0.2, 0.25) is 0 Å². The fourth-order valence-electron chi connectivity index (χ4n) is 0.894. The predicted octanol–water partition coefficient (Wildman–Crippen LogP) is 1.82. The van der Waals surface area contributed by atoms with Gasteiger partial charge in [0.15, 0.2) is 0 Å². The van der Waals surface area contributed by atoms with E-state index in [-0.39, 0.29) is 22.5 Å². The van der Waals surface area contributed by atoms with Crippen molar-refractivity contribution in [2.45, 2.75) is 37.4 Å². The molecule has 0 heterocycles. The lowest BCUT2D eigenvalue weighted by Crippen LogP contribution is -2.17. The second kappa shape index (κ2) is 6.14. The average Bonchev–Trinajstić information content (AvgIpc) is 1.94. The lowest BCUT2D eigenvalue weighted by atomic mass is 10.2. The molecule has 0 aromatic heterocycles. The summed E-state index contributed by atoms with van der Waals surface area (Å²) in [7, 11) is -4.67. The third-order valence-corrected chi connectivity index (χ3v) is 2.92. The van der Waals surface area contributed by atoms with E-state index in [0.29, 0.717) is 6.42 Å². The van der Waals surface area contributed by atoms with Crippen LogP contribution in [0.15, 0.2) is 11.4 Å². The molecule has 0 N–H and O–H groups in total. The Balaban J connectivity index is 4.56. The smallest absolute Gasteiger partial charge is 0.0348 e. The normalized spacial score (nSPS) is 18.0. The van der Waals surface area contributed by atoms with Gasteiger partial charge in [-0.15, -0.1) is 23.2 Å². The summed E-state index contributed by atoms with van der Waals surface area (Å²) in [4.78, 5) is 21.6. The maximum absolute atomic E-state index is 10.8. The molecular weight excluding hydrogens is 246 g/mol. The lowest BCUT2D eigenvalue weighted by molar-refractivity contribution is -0.310. The third kappa shape index (κ3) is 6.86. The van der Waals surface area contributed by atoms with Crippen LogP contribution in [0.5, 0.6) is 0 Å². The van der Waals surface area contributed by atoms with Crippen molar-refractivity contribution in [3.63, 3.8) is 0 Å². The van der Waals surface area contributed by atoms with E-state index >= 15 is 0 Å². The zero-order valence-corrected chi connectivity index (χ0v) is 10.5. The Kier molecular flexibility index (Phi) is 6.35. The molecule has 0 aromatic rings. The van der Waals surface area contributed by atoms with E-state index in [1.807, 2.05) is 0 Å². The number of allylic oxidation sites excluding steroid dienone is 2. The molecule has 0 amide bonds. The van der Waals surface area contributed by atoms with Gasteiger partial charge in [0.25, 0.3) is 0 Å². The summed E-state index contributed by atoms with van der Waals surface area (Å²) in [5.41, 5.74) is 0. The van der Waals surface area contributed by atoms with Crippen molar-refractivity contribution in [2.24, 2.45) is 0 Å². The highest BCUT2D eigenvalue weighted by Gasteiger charge is 2.07. The van der Waals surface area contributed by atoms with Gasteiger partial charge < -0.3 is 14.4 Å². The summed E-state index contributed by atoms with van der Waals surface area (Å²) in [6.07, 6.45) is 1.78. The standard InChI is InChI=1S/C8H15Cl2O3P/c1-6(9)3-4-8(5-7(2)10)14(11,12)13/h4,6-7H,3,5H2,1-2H3,(H2,11,12,13)/p-2/b8-4-. The molecule has 14 heavy (non-hydrogen) atoms. The molecule has 0 aliphatic rings. The third-order valence-electron chi connectivity index (χ3n) is 1.52. The van der Waals surface area contributed by atoms with E-state index in [4.69, 9.17) is 23.2 Å². The van der Waals surface area contributed by atoms with Gasteiger partial charge in [-0.3, -0.25) is 0 Å². The van der Waals surface area contributed by atoms with Gasteiger partial charge in [-0.1, -0.05) is 6.08 Å². The van der Waals surface area contributed by atoms with E-state index in [2.05, 4.69) is 0 Å². The van der Waals surface area contributed by atoms with E-state index in [0.717, 1.165) is 0 Å². The molecule has 0 saturated heterocycles. The first-order valence-corrected chi connectivity index (χ1v) is 6.64. The maximum Gasteiger partial charge on any atom is 0.0348 e. The van der Waals surface area contributed by atoms with E-state index in [1.54, 1.807) is 13.8 Å². The molecule has 0 fully saturated rings. The van der Waals surface area contributed by atoms with Gasteiger partial charge in [-0.05, 0) is 39.6 Å². The molecule has 2 atom stereocenters. The molecule has 0 bridgehead atoms. The maximum atomic E-state index is 10.8. The highest BCUT2D eigenvalue weighted by Crippen LogP contribution is 2.39. The van der Waals surface area contributed by atoms with Crippen molar-refractivity contribution in [3.05, 3.63) is 11.4 Å². The zero-order valence-electron chi connectivity index (χ0n) is 8.07. The second-order valence-corrected chi connectivity index (χ2v) is 6.25. The minimum absolute atomic E-state index is 0.0649. The van der Waals surface area contributed by atoms with Gasteiger partial charge >= 0.3 is 0 Å². The van der Waals surface area contributed by atoms with Gasteiger partial charge in [-0.2, -0.15) is 0 Å². The Hall–Kier alpha value is 0.470. The summed E-state index contributed by atoms with van der Waals surface area (Å²) in [5, 5.41) is -0.710. The molecule has 0 spiro atoms. The second-order valence-electron chi connectivity index (χ2n) is 3.19. The van der Waals surface area contributed by atoms with Gasteiger partial charge in [0, 0.05) is 10.8 Å². The van der Waals surface area contributed by atoms with Crippen LogP contribution in [0.3, 0.4) is 0 Å². The molecule has 6 heteroatoms. The Labute approximate surface area is 94.3 Å². The average molecular weight is 259 g/mol. The van der Waals surface area contributed by atoms with Gasteiger partial charge in [-0.25, -0.2) is 0 Å². The Morgan fingerprint density at radius 3 is 2.14 bits per heavy atom. The van der Waals surface area contributed by atoms with Crippen molar-refractivity contribution in [1.29, 1.82) is 0 Å². The predicted molar refractivity (Wildman–Crippen MR) is 55.6 cm³/mol. The summed E-state index contributed by atoms with van der Waals surface area (Å²) in [5.74, 6) is 0.